The van der Waals surface area contributed by atoms with Crippen LogP contribution in [0.1, 0.15) is 21.5 Å². The molecule has 0 aliphatic carbocycles. The molecule has 0 aromatic heterocycles. The Labute approximate surface area is 127 Å². The van der Waals surface area contributed by atoms with Gasteiger partial charge in [-0.1, -0.05) is 40.2 Å². The summed E-state index contributed by atoms with van der Waals surface area (Å²) in [6, 6.07) is 15.2. The number of carbonyl (C=O) groups excluding carboxylic acids is 1. The second-order valence-corrected chi connectivity index (χ2v) is 4.93. The Hall–Kier alpha value is -1.81. The first-order valence-corrected chi connectivity index (χ1v) is 7.41. The van der Waals surface area contributed by atoms with Crippen molar-refractivity contribution in [3.8, 4) is 5.75 Å². The van der Waals surface area contributed by atoms with E-state index in [4.69, 9.17) is 4.74 Å². The van der Waals surface area contributed by atoms with Gasteiger partial charge in [0, 0.05) is 17.4 Å². The second-order valence-electron chi connectivity index (χ2n) is 4.36. The van der Waals surface area contributed by atoms with Crippen LogP contribution in [0.15, 0.2) is 48.5 Å². The monoisotopic (exact) mass is 333 g/mol. The molecule has 1 N–H and O–H groups in total. The molecule has 0 fully saturated rings. The highest BCUT2D eigenvalue weighted by molar-refractivity contribution is 9.08. The number of carbonyl (C=O) groups is 1. The summed E-state index contributed by atoms with van der Waals surface area (Å²) < 4.78 is 5.07. The van der Waals surface area contributed by atoms with Gasteiger partial charge in [-0.15, -0.1) is 0 Å². The van der Waals surface area contributed by atoms with Crippen molar-refractivity contribution in [1.29, 1.82) is 0 Å². The topological polar surface area (TPSA) is 38.3 Å². The van der Waals surface area contributed by atoms with Crippen molar-refractivity contribution in [3.63, 3.8) is 0 Å². The van der Waals surface area contributed by atoms with E-state index in [1.165, 1.54) is 5.56 Å². The third-order valence-electron chi connectivity index (χ3n) is 2.95. The van der Waals surface area contributed by atoms with Crippen LogP contribution < -0.4 is 10.1 Å². The van der Waals surface area contributed by atoms with Crippen molar-refractivity contribution in [1.82, 2.24) is 5.32 Å². The van der Waals surface area contributed by atoms with Gasteiger partial charge in [-0.05, 0) is 35.4 Å². The summed E-state index contributed by atoms with van der Waals surface area (Å²) in [6.45, 7) is 0.520. The molecule has 4 heteroatoms. The zero-order valence-corrected chi connectivity index (χ0v) is 12.8. The van der Waals surface area contributed by atoms with Crippen LogP contribution in [-0.4, -0.2) is 13.0 Å². The summed E-state index contributed by atoms with van der Waals surface area (Å²) in [6.07, 6.45) is 0. The molecular formula is C16H16BrNO2. The van der Waals surface area contributed by atoms with Gasteiger partial charge in [0.1, 0.15) is 5.75 Å². The fraction of sp³-hybridized carbons (Fsp3) is 0.188. The quantitative estimate of drug-likeness (QED) is 0.850. The largest absolute Gasteiger partial charge is 0.497 e. The number of amides is 1. The molecule has 0 unspecified atom stereocenters. The van der Waals surface area contributed by atoms with Crippen LogP contribution in [0.3, 0.4) is 0 Å². The van der Waals surface area contributed by atoms with E-state index in [2.05, 4.69) is 27.3 Å². The van der Waals surface area contributed by atoms with Crippen molar-refractivity contribution < 1.29 is 9.53 Å². The number of ether oxygens (including phenoxy) is 1. The van der Waals surface area contributed by atoms with E-state index in [1.807, 2.05) is 18.2 Å². The number of alkyl halides is 1. The molecule has 0 bridgehead atoms. The summed E-state index contributed by atoms with van der Waals surface area (Å²) >= 11 is 3.42. The third-order valence-corrected chi connectivity index (χ3v) is 3.60. The highest BCUT2D eigenvalue weighted by Gasteiger charge is 2.05. The predicted molar refractivity (Wildman–Crippen MR) is 83.2 cm³/mol. The molecule has 2 rings (SSSR count). The molecule has 0 aliphatic rings. The van der Waals surface area contributed by atoms with Gasteiger partial charge in [-0.25, -0.2) is 0 Å². The van der Waals surface area contributed by atoms with E-state index in [0.717, 1.165) is 16.6 Å². The normalized spacial score (nSPS) is 10.1. The molecule has 0 aliphatic heterocycles. The Bertz CT molecular complexity index is 581. The van der Waals surface area contributed by atoms with Crippen LogP contribution in [0.2, 0.25) is 0 Å². The predicted octanol–water partition coefficient (Wildman–Crippen LogP) is 3.52. The van der Waals surface area contributed by atoms with Crippen molar-refractivity contribution in [2.45, 2.75) is 11.9 Å². The smallest absolute Gasteiger partial charge is 0.251 e. The lowest BCUT2D eigenvalue weighted by Gasteiger charge is -2.07. The summed E-state index contributed by atoms with van der Waals surface area (Å²) in [4.78, 5) is 12.0. The Morgan fingerprint density at radius 3 is 2.50 bits per heavy atom. The van der Waals surface area contributed by atoms with Crippen LogP contribution in [0.25, 0.3) is 0 Å². The van der Waals surface area contributed by atoms with Crippen LogP contribution in [0, 0.1) is 0 Å². The number of hydrogen-bond acceptors (Lipinski definition) is 2. The molecule has 2 aromatic rings. The fourth-order valence-electron chi connectivity index (χ4n) is 1.85. The SMILES string of the molecule is COc1ccc(C(=O)NCc2cccc(CBr)c2)cc1. The highest BCUT2D eigenvalue weighted by atomic mass is 79.9. The Kier molecular flexibility index (Phi) is 5.18. The first-order chi connectivity index (χ1) is 9.72. The first kappa shape index (κ1) is 14.6. The van der Waals surface area contributed by atoms with E-state index in [9.17, 15) is 4.79 Å². The standard InChI is InChI=1S/C16H16BrNO2/c1-20-15-7-5-14(6-8-15)16(19)18-11-13-4-2-3-12(9-13)10-17/h2-9H,10-11H2,1H3,(H,18,19). The zero-order chi connectivity index (χ0) is 14.4. The van der Waals surface area contributed by atoms with Crippen LogP contribution >= 0.6 is 15.9 Å². The average molecular weight is 334 g/mol. The Morgan fingerprint density at radius 1 is 1.15 bits per heavy atom. The Morgan fingerprint density at radius 2 is 1.85 bits per heavy atom. The van der Waals surface area contributed by atoms with Gasteiger partial charge in [-0.2, -0.15) is 0 Å². The summed E-state index contributed by atoms with van der Waals surface area (Å²) in [5, 5.41) is 3.72. The number of benzene rings is 2. The Balaban J connectivity index is 1.97. The second kappa shape index (κ2) is 7.10. The molecule has 0 heterocycles. The lowest BCUT2D eigenvalue weighted by molar-refractivity contribution is 0.0951. The number of halogens is 1. The minimum atomic E-state index is -0.0862. The number of nitrogens with one attached hydrogen (secondary N) is 1. The van der Waals surface area contributed by atoms with E-state index in [1.54, 1.807) is 31.4 Å². The van der Waals surface area contributed by atoms with Crippen LogP contribution in [0.5, 0.6) is 5.75 Å². The number of rotatable bonds is 5. The molecule has 3 nitrogen and oxygen atoms in total. The van der Waals surface area contributed by atoms with Gasteiger partial charge in [0.2, 0.25) is 0 Å². The molecule has 104 valence electrons. The maximum absolute atomic E-state index is 12.0. The van der Waals surface area contributed by atoms with Crippen LogP contribution in [0.4, 0.5) is 0 Å². The summed E-state index contributed by atoms with van der Waals surface area (Å²) in [5.74, 6) is 0.656. The van der Waals surface area contributed by atoms with Gasteiger partial charge >= 0.3 is 0 Å². The van der Waals surface area contributed by atoms with Crippen molar-refractivity contribution >= 4 is 21.8 Å². The van der Waals surface area contributed by atoms with E-state index < -0.39 is 0 Å². The van der Waals surface area contributed by atoms with Gasteiger partial charge in [-0.3, -0.25) is 4.79 Å². The lowest BCUT2D eigenvalue weighted by Crippen LogP contribution is -2.22. The maximum Gasteiger partial charge on any atom is 0.251 e. The molecule has 0 saturated heterocycles. The third kappa shape index (κ3) is 3.84. The van der Waals surface area contributed by atoms with Crippen molar-refractivity contribution in [2.75, 3.05) is 7.11 Å². The van der Waals surface area contributed by atoms with E-state index >= 15 is 0 Å². The summed E-state index contributed by atoms with van der Waals surface area (Å²) in [7, 11) is 1.60. The van der Waals surface area contributed by atoms with Crippen LogP contribution in [-0.2, 0) is 11.9 Å². The molecule has 20 heavy (non-hydrogen) atoms. The van der Waals surface area contributed by atoms with Gasteiger partial charge < -0.3 is 10.1 Å². The molecule has 0 atom stereocenters. The fourth-order valence-corrected chi connectivity index (χ4v) is 2.20. The molecule has 0 spiro atoms. The number of methoxy groups -OCH3 is 1. The first-order valence-electron chi connectivity index (χ1n) is 6.29. The van der Waals surface area contributed by atoms with Crippen molar-refractivity contribution in [2.24, 2.45) is 0 Å². The van der Waals surface area contributed by atoms with E-state index in [0.29, 0.717) is 12.1 Å². The minimum Gasteiger partial charge on any atom is -0.497 e. The molecule has 0 saturated carbocycles. The summed E-state index contributed by atoms with van der Waals surface area (Å²) in [5.41, 5.74) is 2.91. The molecular weight excluding hydrogens is 318 g/mol. The molecule has 0 radical (unpaired) electrons. The van der Waals surface area contributed by atoms with Gasteiger partial charge in [0.05, 0.1) is 7.11 Å². The highest BCUT2D eigenvalue weighted by Crippen LogP contribution is 2.12. The number of hydrogen-bond donors (Lipinski definition) is 1. The molecule has 2 aromatic carbocycles. The minimum absolute atomic E-state index is 0.0862. The zero-order valence-electron chi connectivity index (χ0n) is 11.2. The van der Waals surface area contributed by atoms with Gasteiger partial charge in [0.15, 0.2) is 0 Å². The average Bonchev–Trinajstić information content (AvgIpc) is 2.53. The van der Waals surface area contributed by atoms with Crippen molar-refractivity contribution in [3.05, 3.63) is 65.2 Å². The molecule has 1 amide bonds. The maximum atomic E-state index is 12.0. The lowest BCUT2D eigenvalue weighted by atomic mass is 10.1. The van der Waals surface area contributed by atoms with Gasteiger partial charge in [0.25, 0.3) is 5.91 Å². The van der Waals surface area contributed by atoms with E-state index in [-0.39, 0.29) is 5.91 Å².